The van der Waals surface area contributed by atoms with Crippen molar-refractivity contribution in [3.05, 3.63) is 71.1 Å². The monoisotopic (exact) mass is 507 g/mol. The number of halogens is 4. The van der Waals surface area contributed by atoms with Crippen LogP contribution in [0.1, 0.15) is 23.9 Å². The van der Waals surface area contributed by atoms with Crippen LogP contribution in [-0.2, 0) is 4.79 Å². The molecule has 186 valence electrons. The summed E-state index contributed by atoms with van der Waals surface area (Å²) in [7, 11) is 2.18. The molecule has 11 heteroatoms. The molecule has 0 radical (unpaired) electrons. The Morgan fingerprint density at radius 3 is 2.54 bits per heavy atom. The number of aromatic nitrogens is 3. The number of carboxylic acids is 1. The van der Waals surface area contributed by atoms with Crippen LogP contribution in [0.15, 0.2) is 54.7 Å². The first kappa shape index (κ1) is 26.4. The Balaban J connectivity index is 0.000000429. The molecular formula is C24H25ClF3N5O2. The molecule has 0 spiro atoms. The number of carbonyl (C=O) groups is 1. The maximum absolute atomic E-state index is 10.6. The highest BCUT2D eigenvalue weighted by Crippen LogP contribution is 2.37. The van der Waals surface area contributed by atoms with E-state index in [0.29, 0.717) is 12.0 Å². The fourth-order valence-electron chi connectivity index (χ4n) is 4.00. The largest absolute Gasteiger partial charge is 0.490 e. The molecule has 3 heterocycles. The SMILES string of the molecule is Cc1nc(NCC2CCN(C)C2c2cccc(Cl)c2)cc(-c2ccccn2)n1.O=C(O)C(F)(F)F. The van der Waals surface area contributed by atoms with Gasteiger partial charge in [-0.1, -0.05) is 29.8 Å². The van der Waals surface area contributed by atoms with Gasteiger partial charge in [-0.2, -0.15) is 13.2 Å². The number of rotatable bonds is 5. The summed E-state index contributed by atoms with van der Waals surface area (Å²) in [6.45, 7) is 3.83. The second-order valence-electron chi connectivity index (χ2n) is 8.11. The lowest BCUT2D eigenvalue weighted by atomic mass is 9.93. The number of aliphatic carboxylic acids is 1. The molecular weight excluding hydrogens is 483 g/mol. The minimum atomic E-state index is -5.08. The summed E-state index contributed by atoms with van der Waals surface area (Å²) < 4.78 is 31.7. The van der Waals surface area contributed by atoms with E-state index in [2.05, 4.69) is 44.3 Å². The number of alkyl halides is 3. The first-order valence-corrected chi connectivity index (χ1v) is 11.2. The van der Waals surface area contributed by atoms with Gasteiger partial charge in [-0.15, -0.1) is 0 Å². The van der Waals surface area contributed by atoms with Crippen LogP contribution in [0.2, 0.25) is 5.02 Å². The highest BCUT2D eigenvalue weighted by atomic mass is 35.5. The van der Waals surface area contributed by atoms with Crippen molar-refractivity contribution in [2.45, 2.75) is 25.6 Å². The van der Waals surface area contributed by atoms with Crippen LogP contribution >= 0.6 is 11.6 Å². The summed E-state index contributed by atoms with van der Waals surface area (Å²) in [6, 6.07) is 16.4. The van der Waals surface area contributed by atoms with Crippen molar-refractivity contribution in [2.24, 2.45) is 5.92 Å². The highest BCUT2D eigenvalue weighted by Gasteiger charge is 2.38. The van der Waals surface area contributed by atoms with Gasteiger partial charge in [0.05, 0.1) is 11.4 Å². The number of nitrogens with one attached hydrogen (secondary N) is 1. The Labute approximate surface area is 206 Å². The van der Waals surface area contributed by atoms with Crippen LogP contribution in [0.3, 0.4) is 0 Å². The third-order valence-electron chi connectivity index (χ3n) is 5.52. The number of anilines is 1. The zero-order valence-corrected chi connectivity index (χ0v) is 19.9. The minimum absolute atomic E-state index is 0.351. The van der Waals surface area contributed by atoms with Gasteiger partial charge in [0.15, 0.2) is 0 Å². The van der Waals surface area contributed by atoms with Gasteiger partial charge in [0.2, 0.25) is 0 Å². The standard InChI is InChI=1S/C22H24ClN5.C2HF3O2/c1-15-26-20(19-8-3-4-10-24-19)13-21(27-15)25-14-17-9-11-28(2)22(17)16-6-5-7-18(23)12-16;3-2(4,5)1(6)7/h3-8,10,12-13,17,22H,9,11,14H2,1-2H3,(H,25,26,27);(H,6,7). The minimum Gasteiger partial charge on any atom is -0.475 e. The summed E-state index contributed by atoms with van der Waals surface area (Å²) >= 11 is 6.23. The molecule has 1 aliphatic heterocycles. The zero-order chi connectivity index (χ0) is 25.6. The third-order valence-corrected chi connectivity index (χ3v) is 5.75. The van der Waals surface area contributed by atoms with Gasteiger partial charge in [-0.25, -0.2) is 14.8 Å². The number of carboxylic acid groups (broad SMARTS) is 1. The van der Waals surface area contributed by atoms with E-state index in [4.69, 9.17) is 21.5 Å². The molecule has 1 aliphatic rings. The average molecular weight is 508 g/mol. The molecule has 1 aromatic carbocycles. The van der Waals surface area contributed by atoms with Crippen LogP contribution in [-0.4, -0.2) is 57.2 Å². The summed E-state index contributed by atoms with van der Waals surface area (Å²) in [4.78, 5) is 24.8. The molecule has 0 bridgehead atoms. The number of hydrogen-bond acceptors (Lipinski definition) is 6. The summed E-state index contributed by atoms with van der Waals surface area (Å²) in [5, 5.41) is 11.4. The molecule has 0 aliphatic carbocycles. The number of benzene rings is 1. The number of aryl methyl sites for hydroxylation is 1. The molecule has 35 heavy (non-hydrogen) atoms. The fraction of sp³-hybridized carbons (Fsp3) is 0.333. The molecule has 0 amide bonds. The first-order chi connectivity index (χ1) is 16.5. The Morgan fingerprint density at radius 2 is 1.91 bits per heavy atom. The molecule has 2 N–H and O–H groups in total. The molecule has 3 aromatic rings. The van der Waals surface area contributed by atoms with Crippen LogP contribution in [0.4, 0.5) is 19.0 Å². The van der Waals surface area contributed by atoms with Gasteiger partial charge in [-0.05, 0) is 62.7 Å². The lowest BCUT2D eigenvalue weighted by Gasteiger charge is -2.26. The van der Waals surface area contributed by atoms with Crippen LogP contribution in [0.5, 0.6) is 0 Å². The second-order valence-corrected chi connectivity index (χ2v) is 8.55. The third kappa shape index (κ3) is 7.37. The summed E-state index contributed by atoms with van der Waals surface area (Å²) in [6.07, 6.45) is -2.17. The molecule has 2 aromatic heterocycles. The van der Waals surface area contributed by atoms with E-state index >= 15 is 0 Å². The van der Waals surface area contributed by atoms with Crippen molar-refractivity contribution in [3.8, 4) is 11.4 Å². The number of likely N-dealkylation sites (tertiary alicyclic amines) is 1. The molecule has 2 atom stereocenters. The highest BCUT2D eigenvalue weighted by molar-refractivity contribution is 6.30. The van der Waals surface area contributed by atoms with Crippen LogP contribution in [0, 0.1) is 12.8 Å². The van der Waals surface area contributed by atoms with E-state index in [1.807, 2.05) is 43.3 Å². The van der Waals surface area contributed by atoms with Gasteiger partial charge in [-0.3, -0.25) is 9.88 Å². The zero-order valence-electron chi connectivity index (χ0n) is 19.1. The van der Waals surface area contributed by atoms with E-state index in [0.717, 1.165) is 47.6 Å². The smallest absolute Gasteiger partial charge is 0.475 e. The first-order valence-electron chi connectivity index (χ1n) is 10.8. The fourth-order valence-corrected chi connectivity index (χ4v) is 4.20. The normalized spacial score (nSPS) is 18.0. The quantitative estimate of drug-likeness (QED) is 0.488. The maximum Gasteiger partial charge on any atom is 0.490 e. The van der Waals surface area contributed by atoms with Gasteiger partial charge in [0.25, 0.3) is 0 Å². The molecule has 4 rings (SSSR count). The van der Waals surface area contributed by atoms with Crippen molar-refractivity contribution in [3.63, 3.8) is 0 Å². The van der Waals surface area contributed by atoms with Crippen molar-refractivity contribution in [1.29, 1.82) is 0 Å². The Morgan fingerprint density at radius 1 is 1.17 bits per heavy atom. The second kappa shape index (κ2) is 11.5. The summed E-state index contributed by atoms with van der Waals surface area (Å²) in [5.74, 6) is -0.697. The average Bonchev–Trinajstić information content (AvgIpc) is 3.18. The lowest BCUT2D eigenvalue weighted by Crippen LogP contribution is -2.25. The van der Waals surface area contributed by atoms with E-state index in [1.54, 1.807) is 6.20 Å². The number of nitrogens with zero attached hydrogens (tertiary/aromatic N) is 4. The summed E-state index contributed by atoms with van der Waals surface area (Å²) in [5.41, 5.74) is 2.96. The Bertz CT molecular complexity index is 1150. The maximum atomic E-state index is 10.6. The van der Waals surface area contributed by atoms with E-state index < -0.39 is 12.1 Å². The van der Waals surface area contributed by atoms with Gasteiger partial charge in [0.1, 0.15) is 11.6 Å². The predicted molar refractivity (Wildman–Crippen MR) is 127 cm³/mol. The van der Waals surface area contributed by atoms with E-state index in [9.17, 15) is 13.2 Å². The molecule has 7 nitrogen and oxygen atoms in total. The van der Waals surface area contributed by atoms with Crippen molar-refractivity contribution >= 4 is 23.4 Å². The number of pyridine rings is 1. The Hall–Kier alpha value is -3.24. The van der Waals surface area contributed by atoms with E-state index in [1.165, 1.54) is 5.56 Å². The molecule has 0 saturated carbocycles. The number of hydrogen-bond donors (Lipinski definition) is 2. The van der Waals surface area contributed by atoms with Gasteiger partial charge >= 0.3 is 12.1 Å². The molecule has 2 unspecified atom stereocenters. The van der Waals surface area contributed by atoms with Crippen molar-refractivity contribution < 1.29 is 23.1 Å². The van der Waals surface area contributed by atoms with Crippen LogP contribution in [0.25, 0.3) is 11.4 Å². The van der Waals surface area contributed by atoms with Gasteiger partial charge < -0.3 is 10.4 Å². The predicted octanol–water partition coefficient (Wildman–Crippen LogP) is 5.24. The van der Waals surface area contributed by atoms with E-state index in [-0.39, 0.29) is 0 Å². The van der Waals surface area contributed by atoms with Crippen molar-refractivity contribution in [1.82, 2.24) is 19.9 Å². The van der Waals surface area contributed by atoms with Crippen LogP contribution < -0.4 is 5.32 Å². The topological polar surface area (TPSA) is 91.2 Å². The molecule has 1 saturated heterocycles. The molecule has 1 fully saturated rings. The van der Waals surface area contributed by atoms with Gasteiger partial charge in [0, 0.05) is 29.9 Å². The van der Waals surface area contributed by atoms with Crippen molar-refractivity contribution in [2.75, 3.05) is 25.5 Å². The Kier molecular flexibility index (Phi) is 8.63. The lowest BCUT2D eigenvalue weighted by molar-refractivity contribution is -0.192.